The highest BCUT2D eigenvalue weighted by molar-refractivity contribution is 7.19. The number of benzene rings is 8. The zero-order valence-corrected chi connectivity index (χ0v) is 20.8. The highest BCUT2D eigenvalue weighted by Crippen LogP contribution is 2.45. The molecule has 0 nitrogen and oxygen atoms in total. The molecular weight excluding hydrogens is 464 g/mol. The van der Waals surface area contributed by atoms with Gasteiger partial charge in [-0.05, 0) is 87.9 Å². The molecule has 0 bridgehead atoms. The normalized spacial score (nSPS) is 12.3. The van der Waals surface area contributed by atoms with Gasteiger partial charge in [0.25, 0.3) is 0 Å². The minimum atomic E-state index is 1.31. The molecule has 0 unspecified atom stereocenters. The highest BCUT2D eigenvalue weighted by atomic mass is 32.1. The van der Waals surface area contributed by atoms with Crippen molar-refractivity contribution in [1.29, 1.82) is 0 Å². The van der Waals surface area contributed by atoms with Gasteiger partial charge >= 0.3 is 0 Å². The number of rotatable bonds is 2. The van der Waals surface area contributed by atoms with Crippen LogP contribution in [0.25, 0.3) is 85.5 Å². The molecule has 0 saturated carbocycles. The molecule has 0 spiro atoms. The maximum atomic E-state index is 2.31. The van der Waals surface area contributed by atoms with Gasteiger partial charge in [0, 0.05) is 9.75 Å². The predicted molar refractivity (Wildman–Crippen MR) is 163 cm³/mol. The summed E-state index contributed by atoms with van der Waals surface area (Å²) in [6, 6.07) is 45.3. The smallest absolute Gasteiger partial charge is 0.0355 e. The lowest BCUT2D eigenvalue weighted by molar-refractivity contribution is 1.76. The predicted octanol–water partition coefficient (Wildman–Crippen LogP) is 10.9. The van der Waals surface area contributed by atoms with E-state index >= 15 is 0 Å². The quantitative estimate of drug-likeness (QED) is 0.214. The maximum absolute atomic E-state index is 2.31. The van der Waals surface area contributed by atoms with Gasteiger partial charge in [0.05, 0.1) is 0 Å². The van der Waals surface area contributed by atoms with Crippen molar-refractivity contribution < 1.29 is 0 Å². The van der Waals surface area contributed by atoms with Crippen molar-refractivity contribution in [2.24, 2.45) is 0 Å². The first-order chi connectivity index (χ1) is 18.3. The molecule has 0 saturated heterocycles. The summed E-state index contributed by atoms with van der Waals surface area (Å²) in [6.45, 7) is 0. The molecule has 0 aliphatic carbocycles. The second-order valence-corrected chi connectivity index (χ2v) is 11.2. The molecule has 1 heterocycles. The molecule has 8 aromatic carbocycles. The van der Waals surface area contributed by atoms with Crippen LogP contribution in [0.3, 0.4) is 0 Å². The van der Waals surface area contributed by atoms with E-state index in [0.29, 0.717) is 0 Å². The second kappa shape index (κ2) is 7.06. The second-order valence-electron chi connectivity index (χ2n) is 10.1. The van der Waals surface area contributed by atoms with Crippen LogP contribution in [0.15, 0.2) is 121 Å². The minimum Gasteiger partial charge on any atom is -0.135 e. The Hall–Kier alpha value is -4.46. The van der Waals surface area contributed by atoms with Crippen molar-refractivity contribution in [3.05, 3.63) is 121 Å². The standard InChI is InChI=1S/C36H20S/c1-3-21-7-9-25-11-15-27(29-17-13-23(5-1)33(21)35(25)29)31-19-20-32(37-31)28-16-12-26-10-8-22-4-2-6-24-14-18-30(28)36(26)34(22)24/h1-20H. The molecule has 9 rings (SSSR count). The first-order valence-corrected chi connectivity index (χ1v) is 13.6. The zero-order valence-electron chi connectivity index (χ0n) is 20.0. The molecule has 0 radical (unpaired) electrons. The molecule has 0 aliphatic heterocycles. The van der Waals surface area contributed by atoms with E-state index < -0.39 is 0 Å². The third-order valence-electron chi connectivity index (χ3n) is 8.19. The van der Waals surface area contributed by atoms with Gasteiger partial charge < -0.3 is 0 Å². The topological polar surface area (TPSA) is 0 Å². The van der Waals surface area contributed by atoms with E-state index in [9.17, 15) is 0 Å². The Balaban J connectivity index is 1.28. The van der Waals surface area contributed by atoms with E-state index in [2.05, 4.69) is 121 Å². The minimum absolute atomic E-state index is 1.31. The van der Waals surface area contributed by atoms with Crippen molar-refractivity contribution in [3.8, 4) is 20.9 Å². The van der Waals surface area contributed by atoms with Crippen LogP contribution in [-0.2, 0) is 0 Å². The summed E-state index contributed by atoms with van der Waals surface area (Å²) in [5.41, 5.74) is 2.64. The third-order valence-corrected chi connectivity index (χ3v) is 9.35. The average Bonchev–Trinajstić information content (AvgIpc) is 3.44. The molecule has 0 amide bonds. The maximum Gasteiger partial charge on any atom is 0.0355 e. The number of thiophene rings is 1. The lowest BCUT2D eigenvalue weighted by Crippen LogP contribution is -1.86. The Kier molecular flexibility index (Phi) is 3.76. The van der Waals surface area contributed by atoms with Crippen LogP contribution in [0.5, 0.6) is 0 Å². The summed E-state index contributed by atoms with van der Waals surface area (Å²) in [4.78, 5) is 2.64. The number of hydrogen-bond donors (Lipinski definition) is 0. The van der Waals surface area contributed by atoms with Crippen LogP contribution >= 0.6 is 11.3 Å². The van der Waals surface area contributed by atoms with Crippen molar-refractivity contribution in [3.63, 3.8) is 0 Å². The lowest BCUT2D eigenvalue weighted by Gasteiger charge is -2.14. The van der Waals surface area contributed by atoms with E-state index in [0.717, 1.165) is 0 Å². The largest absolute Gasteiger partial charge is 0.135 e. The Bertz CT molecular complexity index is 2110. The van der Waals surface area contributed by atoms with Gasteiger partial charge in [0.15, 0.2) is 0 Å². The first kappa shape index (κ1) is 19.7. The van der Waals surface area contributed by atoms with Gasteiger partial charge in [0.1, 0.15) is 0 Å². The van der Waals surface area contributed by atoms with Gasteiger partial charge in [-0.15, -0.1) is 11.3 Å². The van der Waals surface area contributed by atoms with Crippen LogP contribution in [-0.4, -0.2) is 0 Å². The number of hydrogen-bond acceptors (Lipinski definition) is 1. The van der Waals surface area contributed by atoms with Crippen molar-refractivity contribution in [2.75, 3.05) is 0 Å². The summed E-state index contributed by atoms with van der Waals surface area (Å²) >= 11 is 1.90. The fourth-order valence-electron chi connectivity index (χ4n) is 6.53. The summed E-state index contributed by atoms with van der Waals surface area (Å²) in [6.07, 6.45) is 0. The monoisotopic (exact) mass is 484 g/mol. The van der Waals surface area contributed by atoms with Crippen LogP contribution in [0.4, 0.5) is 0 Å². The van der Waals surface area contributed by atoms with Gasteiger partial charge in [-0.2, -0.15) is 0 Å². The molecule has 1 aromatic heterocycles. The van der Waals surface area contributed by atoms with Gasteiger partial charge in [-0.3, -0.25) is 0 Å². The van der Waals surface area contributed by atoms with Crippen molar-refractivity contribution >= 4 is 76.0 Å². The fraction of sp³-hybridized carbons (Fsp3) is 0. The van der Waals surface area contributed by atoms with E-state index in [1.54, 1.807) is 0 Å². The molecule has 0 atom stereocenters. The molecule has 0 aliphatic rings. The third kappa shape index (κ3) is 2.62. The van der Waals surface area contributed by atoms with E-state index in [1.807, 2.05) is 11.3 Å². The molecular formula is C36H20S. The van der Waals surface area contributed by atoms with Crippen LogP contribution in [0.1, 0.15) is 0 Å². The summed E-state index contributed by atoms with van der Waals surface area (Å²) in [5.74, 6) is 0. The lowest BCUT2D eigenvalue weighted by atomic mass is 9.91. The molecule has 0 N–H and O–H groups in total. The summed E-state index contributed by atoms with van der Waals surface area (Å²) in [7, 11) is 0. The Morgan fingerprint density at radius 1 is 0.297 bits per heavy atom. The Labute approximate surface area is 217 Å². The van der Waals surface area contributed by atoms with Crippen LogP contribution < -0.4 is 0 Å². The first-order valence-electron chi connectivity index (χ1n) is 12.8. The molecule has 37 heavy (non-hydrogen) atoms. The molecule has 170 valence electrons. The van der Waals surface area contributed by atoms with E-state index in [-0.39, 0.29) is 0 Å². The fourth-order valence-corrected chi connectivity index (χ4v) is 7.61. The molecule has 0 fully saturated rings. The van der Waals surface area contributed by atoms with E-state index in [1.165, 1.54) is 85.5 Å². The van der Waals surface area contributed by atoms with Crippen LogP contribution in [0, 0.1) is 0 Å². The molecule has 1 heteroatoms. The summed E-state index contributed by atoms with van der Waals surface area (Å²) in [5, 5.41) is 16.1. The van der Waals surface area contributed by atoms with Crippen molar-refractivity contribution in [2.45, 2.75) is 0 Å². The van der Waals surface area contributed by atoms with Gasteiger partial charge in [-0.25, -0.2) is 0 Å². The zero-order chi connectivity index (χ0) is 24.1. The van der Waals surface area contributed by atoms with Crippen molar-refractivity contribution in [1.82, 2.24) is 0 Å². The average molecular weight is 485 g/mol. The van der Waals surface area contributed by atoms with Gasteiger partial charge in [-0.1, -0.05) is 109 Å². The molecule has 9 aromatic rings. The Morgan fingerprint density at radius 3 is 1.08 bits per heavy atom. The van der Waals surface area contributed by atoms with Gasteiger partial charge in [0.2, 0.25) is 0 Å². The SMILES string of the molecule is c1cc2ccc3ccc(-c4ccc(-c5ccc6ccc7cccc8ccc5c6c78)s4)c4ccc(c1)c2c34. The van der Waals surface area contributed by atoms with E-state index in [4.69, 9.17) is 0 Å². The Morgan fingerprint density at radius 2 is 0.649 bits per heavy atom. The van der Waals surface area contributed by atoms with Crippen LogP contribution in [0.2, 0.25) is 0 Å². The highest BCUT2D eigenvalue weighted by Gasteiger charge is 2.16. The summed E-state index contributed by atoms with van der Waals surface area (Å²) < 4.78 is 0.